The molecule has 2 aliphatic rings. The van der Waals surface area contributed by atoms with E-state index in [1.54, 1.807) is 0 Å². The average Bonchev–Trinajstić information content (AvgIpc) is 2.81. The molecule has 2 aliphatic carbocycles. The fourth-order valence-corrected chi connectivity index (χ4v) is 1.99. The topological polar surface area (TPSA) is 63.8 Å². The van der Waals surface area contributed by atoms with E-state index in [2.05, 4.69) is 15.3 Å². The second kappa shape index (κ2) is 2.83. The maximum Gasteiger partial charge on any atom is 0.222 e. The normalized spacial score (nSPS) is 19.4. The third kappa shape index (κ3) is 1.31. The van der Waals surface area contributed by atoms with Gasteiger partial charge in [-0.15, -0.1) is 0 Å². The second-order valence-corrected chi connectivity index (χ2v) is 4.13. The van der Waals surface area contributed by atoms with Crippen LogP contribution >= 0.6 is 0 Å². The van der Waals surface area contributed by atoms with Crippen molar-refractivity contribution in [2.45, 2.75) is 38.1 Å². The number of nitrogen functional groups attached to an aromatic ring is 1. The first-order chi connectivity index (χ1) is 6.83. The zero-order valence-corrected chi connectivity index (χ0v) is 8.08. The highest BCUT2D eigenvalue weighted by Gasteiger charge is 2.25. The molecule has 1 saturated carbocycles. The van der Waals surface area contributed by atoms with Gasteiger partial charge in [0.1, 0.15) is 5.82 Å². The van der Waals surface area contributed by atoms with Gasteiger partial charge >= 0.3 is 0 Å². The lowest BCUT2D eigenvalue weighted by Crippen LogP contribution is -2.09. The van der Waals surface area contributed by atoms with Gasteiger partial charge in [0, 0.05) is 11.6 Å². The fourth-order valence-electron chi connectivity index (χ4n) is 1.99. The molecule has 0 radical (unpaired) electrons. The molecule has 0 aliphatic heterocycles. The SMILES string of the molecule is Nc1nc2c(c(NC3CC3)n1)CCC2. The molecule has 4 nitrogen and oxygen atoms in total. The molecule has 1 aromatic rings. The van der Waals surface area contributed by atoms with E-state index < -0.39 is 0 Å². The predicted molar refractivity (Wildman–Crippen MR) is 55.1 cm³/mol. The highest BCUT2D eigenvalue weighted by Crippen LogP contribution is 2.30. The van der Waals surface area contributed by atoms with Crippen LogP contribution in [0.15, 0.2) is 0 Å². The Bertz CT molecular complexity index is 371. The van der Waals surface area contributed by atoms with Crippen molar-refractivity contribution in [2.75, 3.05) is 11.1 Å². The van der Waals surface area contributed by atoms with E-state index in [4.69, 9.17) is 5.73 Å². The maximum atomic E-state index is 5.67. The summed E-state index contributed by atoms with van der Waals surface area (Å²) in [5.41, 5.74) is 8.12. The van der Waals surface area contributed by atoms with Crippen LogP contribution in [0.3, 0.4) is 0 Å². The van der Waals surface area contributed by atoms with Gasteiger partial charge in [0.25, 0.3) is 0 Å². The molecule has 1 heterocycles. The summed E-state index contributed by atoms with van der Waals surface area (Å²) in [5.74, 6) is 1.40. The smallest absolute Gasteiger partial charge is 0.222 e. The van der Waals surface area contributed by atoms with Gasteiger partial charge in [-0.25, -0.2) is 4.98 Å². The van der Waals surface area contributed by atoms with Gasteiger partial charge in [-0.3, -0.25) is 0 Å². The van der Waals surface area contributed by atoms with Crippen molar-refractivity contribution >= 4 is 11.8 Å². The number of rotatable bonds is 2. The Morgan fingerprint density at radius 3 is 2.86 bits per heavy atom. The minimum Gasteiger partial charge on any atom is -0.368 e. The minimum absolute atomic E-state index is 0.411. The molecule has 0 amide bonds. The van der Waals surface area contributed by atoms with Crippen molar-refractivity contribution in [2.24, 2.45) is 0 Å². The van der Waals surface area contributed by atoms with Crippen LogP contribution in [0.4, 0.5) is 11.8 Å². The first-order valence-corrected chi connectivity index (χ1v) is 5.25. The zero-order valence-electron chi connectivity index (χ0n) is 8.08. The van der Waals surface area contributed by atoms with E-state index in [0.717, 1.165) is 24.4 Å². The Hall–Kier alpha value is -1.32. The summed E-state index contributed by atoms with van der Waals surface area (Å²) in [6.45, 7) is 0. The lowest BCUT2D eigenvalue weighted by molar-refractivity contribution is 0.900. The van der Waals surface area contributed by atoms with Crippen molar-refractivity contribution in [3.63, 3.8) is 0 Å². The molecule has 0 unspecified atom stereocenters. The summed E-state index contributed by atoms with van der Waals surface area (Å²) < 4.78 is 0. The Morgan fingerprint density at radius 2 is 2.07 bits per heavy atom. The van der Waals surface area contributed by atoms with E-state index in [0.29, 0.717) is 12.0 Å². The molecule has 74 valence electrons. The molecule has 0 bridgehead atoms. The summed E-state index contributed by atoms with van der Waals surface area (Å²) in [4.78, 5) is 8.55. The van der Waals surface area contributed by atoms with Crippen LogP contribution in [0, 0.1) is 0 Å². The third-order valence-corrected chi connectivity index (χ3v) is 2.87. The summed E-state index contributed by atoms with van der Waals surface area (Å²) in [7, 11) is 0. The van der Waals surface area contributed by atoms with Crippen molar-refractivity contribution in [1.82, 2.24) is 9.97 Å². The van der Waals surface area contributed by atoms with Crippen molar-refractivity contribution in [1.29, 1.82) is 0 Å². The van der Waals surface area contributed by atoms with Crippen LogP contribution in [-0.4, -0.2) is 16.0 Å². The van der Waals surface area contributed by atoms with Crippen LogP contribution in [0.2, 0.25) is 0 Å². The number of hydrogen-bond acceptors (Lipinski definition) is 4. The molecule has 4 heteroatoms. The van der Waals surface area contributed by atoms with Gasteiger partial charge in [-0.1, -0.05) is 0 Å². The molecule has 14 heavy (non-hydrogen) atoms. The van der Waals surface area contributed by atoms with E-state index >= 15 is 0 Å². The number of aromatic nitrogens is 2. The van der Waals surface area contributed by atoms with Crippen LogP contribution in [-0.2, 0) is 12.8 Å². The first-order valence-electron chi connectivity index (χ1n) is 5.25. The van der Waals surface area contributed by atoms with E-state index in [-0.39, 0.29) is 0 Å². The van der Waals surface area contributed by atoms with Crippen molar-refractivity contribution < 1.29 is 0 Å². The Morgan fingerprint density at radius 1 is 1.21 bits per heavy atom. The minimum atomic E-state index is 0.411. The summed E-state index contributed by atoms with van der Waals surface area (Å²) >= 11 is 0. The number of anilines is 2. The number of hydrogen-bond donors (Lipinski definition) is 2. The highest BCUT2D eigenvalue weighted by atomic mass is 15.1. The van der Waals surface area contributed by atoms with Crippen LogP contribution < -0.4 is 11.1 Å². The molecule has 0 atom stereocenters. The predicted octanol–water partition coefficient (Wildman–Crippen LogP) is 1.12. The summed E-state index contributed by atoms with van der Waals surface area (Å²) in [6.07, 6.45) is 5.87. The molecular weight excluding hydrogens is 176 g/mol. The molecule has 0 aromatic carbocycles. The fraction of sp³-hybridized carbons (Fsp3) is 0.600. The van der Waals surface area contributed by atoms with Crippen LogP contribution in [0.5, 0.6) is 0 Å². The zero-order chi connectivity index (χ0) is 9.54. The molecule has 3 rings (SSSR count). The largest absolute Gasteiger partial charge is 0.368 e. The van der Waals surface area contributed by atoms with Gasteiger partial charge in [0.15, 0.2) is 0 Å². The molecule has 1 fully saturated rings. The number of aryl methyl sites for hydroxylation is 1. The van der Waals surface area contributed by atoms with Gasteiger partial charge in [0.05, 0.1) is 5.69 Å². The summed E-state index contributed by atoms with van der Waals surface area (Å²) in [6, 6.07) is 0.633. The van der Waals surface area contributed by atoms with Gasteiger partial charge in [0.2, 0.25) is 5.95 Å². The Balaban J connectivity index is 1.99. The van der Waals surface area contributed by atoms with Crippen molar-refractivity contribution in [3.05, 3.63) is 11.3 Å². The highest BCUT2D eigenvalue weighted by molar-refractivity contribution is 5.52. The Labute approximate surface area is 82.9 Å². The monoisotopic (exact) mass is 190 g/mol. The summed E-state index contributed by atoms with van der Waals surface area (Å²) in [5, 5.41) is 3.43. The van der Waals surface area contributed by atoms with Gasteiger partial charge in [-0.05, 0) is 32.1 Å². The number of fused-ring (bicyclic) bond motifs is 1. The van der Waals surface area contributed by atoms with E-state index in [1.165, 1.54) is 24.8 Å². The lowest BCUT2D eigenvalue weighted by Gasteiger charge is -2.09. The van der Waals surface area contributed by atoms with E-state index in [9.17, 15) is 0 Å². The van der Waals surface area contributed by atoms with Crippen LogP contribution in [0.1, 0.15) is 30.5 Å². The lowest BCUT2D eigenvalue weighted by atomic mass is 10.2. The number of nitrogens with zero attached hydrogens (tertiary/aromatic N) is 2. The third-order valence-electron chi connectivity index (χ3n) is 2.87. The molecule has 1 aromatic heterocycles. The standard InChI is InChI=1S/C10H14N4/c11-10-13-8-3-1-2-7(8)9(14-10)12-6-4-5-6/h6H,1-5H2,(H3,11,12,13,14). The average molecular weight is 190 g/mol. The van der Waals surface area contributed by atoms with Crippen LogP contribution in [0.25, 0.3) is 0 Å². The van der Waals surface area contributed by atoms with Crippen molar-refractivity contribution in [3.8, 4) is 0 Å². The van der Waals surface area contributed by atoms with Gasteiger partial charge in [-0.2, -0.15) is 4.98 Å². The number of nitrogens with one attached hydrogen (secondary N) is 1. The maximum absolute atomic E-state index is 5.67. The van der Waals surface area contributed by atoms with E-state index in [1.807, 2.05) is 0 Å². The van der Waals surface area contributed by atoms with Gasteiger partial charge < -0.3 is 11.1 Å². The first kappa shape index (κ1) is 8.03. The molecule has 0 spiro atoms. The number of nitrogens with two attached hydrogens (primary N) is 1. The second-order valence-electron chi connectivity index (χ2n) is 4.13. The quantitative estimate of drug-likeness (QED) is 0.733. The Kier molecular flexibility index (Phi) is 1.63. The molecular formula is C10H14N4. The molecule has 0 saturated heterocycles. The molecule has 3 N–H and O–H groups in total.